The van der Waals surface area contributed by atoms with Gasteiger partial charge in [0, 0.05) is 18.6 Å². The Morgan fingerprint density at radius 3 is 1.30 bits per heavy atom. The van der Waals surface area contributed by atoms with Crippen LogP contribution in [0.4, 0.5) is 0 Å². The van der Waals surface area contributed by atoms with Gasteiger partial charge in [0.2, 0.25) is 0 Å². The van der Waals surface area contributed by atoms with Crippen LogP contribution in [-0.4, -0.2) is 0 Å². The number of benzene rings is 1. The fourth-order valence-electron chi connectivity index (χ4n) is 0.342. The largest absolute Gasteiger partial charge is 2.00 e. The standard InChI is InChI=1S/C6H5.2CH3.V.W/c1-2-4-6-5-3-1;;;;/h1-5H;2*1H3;;/q3*-1;;+2. The van der Waals surface area contributed by atoms with E-state index >= 15 is 0 Å². The van der Waals surface area contributed by atoms with Gasteiger partial charge in [0.05, 0.1) is 0 Å². The molecule has 1 aromatic carbocycles. The van der Waals surface area contributed by atoms with E-state index in [-0.39, 0.29) is 54.5 Å². The van der Waals surface area contributed by atoms with Crippen molar-refractivity contribution in [1.29, 1.82) is 0 Å². The molecule has 55 valence electrons. The smallest absolute Gasteiger partial charge is 0.358 e. The van der Waals surface area contributed by atoms with Gasteiger partial charge in [-0.1, -0.05) is 0 Å². The van der Waals surface area contributed by atoms with Gasteiger partial charge >= 0.3 is 21.1 Å². The van der Waals surface area contributed by atoms with Crippen LogP contribution >= 0.6 is 0 Å². The van der Waals surface area contributed by atoms with E-state index in [9.17, 15) is 0 Å². The SMILES string of the molecule is [CH3-].[CH3-].[V].[W+2].[c-]1ccccc1. The predicted molar refractivity (Wildman–Crippen MR) is 38.1 cm³/mol. The Bertz CT molecular complexity index is 81.2. The van der Waals surface area contributed by atoms with Gasteiger partial charge in [-0.05, 0) is 0 Å². The van der Waals surface area contributed by atoms with Crippen LogP contribution in [-0.2, 0) is 39.6 Å². The molecule has 0 spiro atoms. The van der Waals surface area contributed by atoms with E-state index in [1.54, 1.807) is 0 Å². The summed E-state index contributed by atoms with van der Waals surface area (Å²) in [6.07, 6.45) is 0. The molecule has 0 bridgehead atoms. The van der Waals surface area contributed by atoms with Crippen molar-refractivity contribution >= 4 is 0 Å². The summed E-state index contributed by atoms with van der Waals surface area (Å²) < 4.78 is 0. The van der Waals surface area contributed by atoms with Gasteiger partial charge in [0.25, 0.3) is 0 Å². The molecule has 0 unspecified atom stereocenters. The summed E-state index contributed by atoms with van der Waals surface area (Å²) in [5, 5.41) is 0. The number of rotatable bonds is 0. The molecule has 0 nitrogen and oxygen atoms in total. The molecule has 1 radical (unpaired) electrons. The zero-order chi connectivity index (χ0) is 4.24. The van der Waals surface area contributed by atoms with Gasteiger partial charge in [-0.25, -0.2) is 0 Å². The second-order valence-corrected chi connectivity index (χ2v) is 1.08. The maximum absolute atomic E-state index is 2.89. The van der Waals surface area contributed by atoms with Crippen molar-refractivity contribution in [3.8, 4) is 0 Å². The van der Waals surface area contributed by atoms with Crippen LogP contribution in [0.5, 0.6) is 0 Å². The molecule has 0 heterocycles. The fourth-order valence-corrected chi connectivity index (χ4v) is 0.342. The molecule has 10 heavy (non-hydrogen) atoms. The van der Waals surface area contributed by atoms with E-state index < -0.39 is 0 Å². The number of hydrogen-bond acceptors (Lipinski definition) is 0. The zero-order valence-corrected chi connectivity index (χ0v) is 10.6. The predicted octanol–water partition coefficient (Wildman–Crippen LogP) is 2.38. The van der Waals surface area contributed by atoms with Crippen molar-refractivity contribution in [2.75, 3.05) is 0 Å². The molecule has 1 aromatic rings. The quantitative estimate of drug-likeness (QED) is 0.636. The van der Waals surface area contributed by atoms with Crippen LogP contribution in [0.15, 0.2) is 30.3 Å². The molecule has 2 heteroatoms. The minimum atomic E-state index is 0. The summed E-state index contributed by atoms with van der Waals surface area (Å²) in [7, 11) is 0. The van der Waals surface area contributed by atoms with Crippen LogP contribution in [0.1, 0.15) is 0 Å². The van der Waals surface area contributed by atoms with E-state index in [0.29, 0.717) is 0 Å². The average Bonchev–Trinajstić information content (AvgIpc) is 1.72. The third kappa shape index (κ3) is 11.3. The van der Waals surface area contributed by atoms with E-state index in [4.69, 9.17) is 0 Å². The molecule has 0 aliphatic carbocycles. The van der Waals surface area contributed by atoms with Crippen LogP contribution in [0.2, 0.25) is 0 Å². The van der Waals surface area contributed by atoms with Gasteiger partial charge < -0.3 is 14.9 Å². The Morgan fingerprint density at radius 1 is 0.800 bits per heavy atom. The molecule has 0 aromatic heterocycles. The van der Waals surface area contributed by atoms with Gasteiger partial charge in [0.1, 0.15) is 0 Å². The Kier molecular flexibility index (Phi) is 36.4. The third-order valence-electron chi connectivity index (χ3n) is 0.607. The van der Waals surface area contributed by atoms with Crippen molar-refractivity contribution in [2.24, 2.45) is 0 Å². The monoisotopic (exact) mass is 342 g/mol. The molecular weight excluding hydrogens is 331 g/mol. The minimum Gasteiger partial charge on any atom is -0.358 e. The zero-order valence-electron chi connectivity index (χ0n) is 6.24. The molecule has 0 saturated heterocycles. The maximum atomic E-state index is 2.89. The summed E-state index contributed by atoms with van der Waals surface area (Å²) in [4.78, 5) is 0. The van der Waals surface area contributed by atoms with Gasteiger partial charge in [-0.15, -0.1) is 0 Å². The van der Waals surface area contributed by atoms with Crippen molar-refractivity contribution in [3.05, 3.63) is 51.3 Å². The van der Waals surface area contributed by atoms with Crippen molar-refractivity contribution < 1.29 is 39.6 Å². The first kappa shape index (κ1) is 22.4. The first-order valence-corrected chi connectivity index (χ1v) is 1.91. The summed E-state index contributed by atoms with van der Waals surface area (Å²) in [6, 6.07) is 12.5. The normalized spacial score (nSPS) is 4.80. The van der Waals surface area contributed by atoms with Gasteiger partial charge in [0.15, 0.2) is 0 Å². The first-order chi connectivity index (χ1) is 3.00. The number of hydrogen-bond donors (Lipinski definition) is 0. The van der Waals surface area contributed by atoms with E-state index in [1.807, 2.05) is 30.3 Å². The third-order valence-corrected chi connectivity index (χ3v) is 0.607. The summed E-state index contributed by atoms with van der Waals surface area (Å²) in [5.41, 5.74) is 0. The van der Waals surface area contributed by atoms with E-state index in [2.05, 4.69) is 6.07 Å². The molecule has 0 saturated carbocycles. The second kappa shape index (κ2) is 16.2. The van der Waals surface area contributed by atoms with Gasteiger partial charge in [-0.3, -0.25) is 0 Å². The van der Waals surface area contributed by atoms with Crippen LogP contribution in [0.3, 0.4) is 0 Å². The van der Waals surface area contributed by atoms with Crippen molar-refractivity contribution in [2.45, 2.75) is 0 Å². The molecule has 0 atom stereocenters. The summed E-state index contributed by atoms with van der Waals surface area (Å²) >= 11 is 0. The molecule has 1 rings (SSSR count). The average molecular weight is 342 g/mol. The second-order valence-electron chi connectivity index (χ2n) is 1.08. The van der Waals surface area contributed by atoms with Crippen molar-refractivity contribution in [1.82, 2.24) is 0 Å². The maximum Gasteiger partial charge on any atom is 2.00 e. The molecule has 0 aliphatic rings. The Morgan fingerprint density at radius 2 is 1.20 bits per heavy atom. The topological polar surface area (TPSA) is 0 Å². The van der Waals surface area contributed by atoms with Crippen LogP contribution in [0.25, 0.3) is 0 Å². The summed E-state index contributed by atoms with van der Waals surface area (Å²) in [5.74, 6) is 0. The molecule has 0 N–H and O–H groups in total. The Balaban J connectivity index is -0.0000000450. The fraction of sp³-hybridized carbons (Fsp3) is 0. The molecule has 0 amide bonds. The van der Waals surface area contributed by atoms with Crippen molar-refractivity contribution in [3.63, 3.8) is 0 Å². The Hall–Kier alpha value is 0.493. The van der Waals surface area contributed by atoms with Crippen LogP contribution in [0, 0.1) is 20.9 Å². The molecular formula is C8H11VW-. The van der Waals surface area contributed by atoms with E-state index in [0.717, 1.165) is 0 Å². The first-order valence-electron chi connectivity index (χ1n) is 1.91. The van der Waals surface area contributed by atoms with Gasteiger partial charge in [-0.2, -0.15) is 36.4 Å². The summed E-state index contributed by atoms with van der Waals surface area (Å²) in [6.45, 7) is 0. The van der Waals surface area contributed by atoms with E-state index in [1.165, 1.54) is 0 Å². The Labute approximate surface area is 90.6 Å². The van der Waals surface area contributed by atoms with Crippen LogP contribution < -0.4 is 0 Å². The molecule has 0 aliphatic heterocycles. The molecule has 0 fully saturated rings. The minimum absolute atomic E-state index is 0.